The van der Waals surface area contributed by atoms with Crippen molar-refractivity contribution < 1.29 is 4.74 Å². The van der Waals surface area contributed by atoms with Crippen LogP contribution in [0.5, 0.6) is 0 Å². The highest BCUT2D eigenvalue weighted by molar-refractivity contribution is 4.59. The van der Waals surface area contributed by atoms with Crippen LogP contribution >= 0.6 is 0 Å². The first kappa shape index (κ1) is 12.9. The third kappa shape index (κ3) is 6.99. The summed E-state index contributed by atoms with van der Waals surface area (Å²) < 4.78 is 5.61. The van der Waals surface area contributed by atoms with Crippen LogP contribution in [0.25, 0.3) is 0 Å². The van der Waals surface area contributed by atoms with Crippen molar-refractivity contribution in [3.05, 3.63) is 0 Å². The average molecular weight is 188 g/mol. The molecule has 13 heavy (non-hydrogen) atoms. The Morgan fingerprint density at radius 1 is 1.23 bits per heavy atom. The van der Waals surface area contributed by atoms with E-state index in [2.05, 4.69) is 26.1 Å². The standard InChI is InChI=1S/C10H24N2O/c1-4-7-8-13-10(6-3)12-9(11)5-2/h9-10,12H,4-8,11H2,1-3H3. The molecule has 80 valence electrons. The monoisotopic (exact) mass is 188 g/mol. The Labute approximate surface area is 82.0 Å². The van der Waals surface area contributed by atoms with Crippen LogP contribution in [0.1, 0.15) is 46.5 Å². The predicted molar refractivity (Wildman–Crippen MR) is 56.3 cm³/mol. The lowest BCUT2D eigenvalue weighted by Gasteiger charge is -2.21. The lowest BCUT2D eigenvalue weighted by Crippen LogP contribution is -2.44. The molecule has 0 saturated heterocycles. The van der Waals surface area contributed by atoms with Gasteiger partial charge in [0, 0.05) is 6.61 Å². The van der Waals surface area contributed by atoms with E-state index in [1.807, 2.05) is 0 Å². The summed E-state index contributed by atoms with van der Waals surface area (Å²) in [6, 6.07) is 0. The molecule has 0 heterocycles. The molecular weight excluding hydrogens is 164 g/mol. The van der Waals surface area contributed by atoms with Crippen molar-refractivity contribution in [2.75, 3.05) is 6.61 Å². The number of rotatable bonds is 8. The van der Waals surface area contributed by atoms with Gasteiger partial charge in [-0.25, -0.2) is 0 Å². The molecule has 3 heteroatoms. The van der Waals surface area contributed by atoms with E-state index in [-0.39, 0.29) is 12.4 Å². The van der Waals surface area contributed by atoms with Gasteiger partial charge in [-0.2, -0.15) is 0 Å². The average Bonchev–Trinajstić information content (AvgIpc) is 2.16. The Balaban J connectivity index is 3.50. The fourth-order valence-electron chi connectivity index (χ4n) is 1.01. The van der Waals surface area contributed by atoms with Crippen molar-refractivity contribution in [3.8, 4) is 0 Å². The van der Waals surface area contributed by atoms with Crippen molar-refractivity contribution in [1.29, 1.82) is 0 Å². The number of nitrogens with one attached hydrogen (secondary N) is 1. The van der Waals surface area contributed by atoms with E-state index in [4.69, 9.17) is 10.5 Å². The highest BCUT2D eigenvalue weighted by Crippen LogP contribution is 1.98. The SMILES string of the molecule is CCCCOC(CC)NC(N)CC. The van der Waals surface area contributed by atoms with Crippen molar-refractivity contribution in [3.63, 3.8) is 0 Å². The molecule has 0 spiro atoms. The molecule has 2 atom stereocenters. The smallest absolute Gasteiger partial charge is 0.109 e. The fraction of sp³-hybridized carbons (Fsp3) is 1.00. The zero-order valence-corrected chi connectivity index (χ0v) is 9.18. The Hall–Kier alpha value is -0.120. The van der Waals surface area contributed by atoms with Crippen LogP contribution in [0.3, 0.4) is 0 Å². The summed E-state index contributed by atoms with van der Waals surface area (Å²) in [6.45, 7) is 7.16. The molecule has 0 aromatic rings. The van der Waals surface area contributed by atoms with Gasteiger partial charge in [0.25, 0.3) is 0 Å². The van der Waals surface area contributed by atoms with Crippen molar-refractivity contribution >= 4 is 0 Å². The van der Waals surface area contributed by atoms with E-state index in [1.54, 1.807) is 0 Å². The van der Waals surface area contributed by atoms with Gasteiger partial charge >= 0.3 is 0 Å². The highest BCUT2D eigenvalue weighted by atomic mass is 16.5. The molecule has 3 N–H and O–H groups in total. The number of ether oxygens (including phenoxy) is 1. The molecule has 0 aliphatic rings. The molecule has 0 aliphatic carbocycles. The van der Waals surface area contributed by atoms with Gasteiger partial charge in [-0.3, -0.25) is 5.32 Å². The maximum atomic E-state index is 5.76. The molecule has 0 fully saturated rings. The van der Waals surface area contributed by atoms with Gasteiger partial charge in [-0.05, 0) is 19.3 Å². The topological polar surface area (TPSA) is 47.3 Å². The Kier molecular flexibility index (Phi) is 8.40. The lowest BCUT2D eigenvalue weighted by atomic mass is 10.3. The van der Waals surface area contributed by atoms with Crippen molar-refractivity contribution in [2.24, 2.45) is 5.73 Å². The molecule has 2 unspecified atom stereocenters. The number of hydrogen-bond acceptors (Lipinski definition) is 3. The maximum Gasteiger partial charge on any atom is 0.109 e. The zero-order chi connectivity index (χ0) is 10.1. The van der Waals surface area contributed by atoms with Crippen LogP contribution in [0, 0.1) is 0 Å². The van der Waals surface area contributed by atoms with E-state index in [0.717, 1.165) is 25.9 Å². The van der Waals surface area contributed by atoms with Crippen molar-refractivity contribution in [2.45, 2.75) is 58.8 Å². The Morgan fingerprint density at radius 3 is 2.38 bits per heavy atom. The second-order valence-corrected chi connectivity index (χ2v) is 3.30. The summed E-state index contributed by atoms with van der Waals surface area (Å²) in [5.74, 6) is 0. The largest absolute Gasteiger partial charge is 0.363 e. The van der Waals surface area contributed by atoms with Gasteiger partial charge in [0.05, 0.1) is 6.17 Å². The second-order valence-electron chi connectivity index (χ2n) is 3.30. The maximum absolute atomic E-state index is 5.76. The quantitative estimate of drug-likeness (QED) is 0.451. The normalized spacial score (nSPS) is 15.7. The molecule has 0 radical (unpaired) electrons. The molecule has 0 amide bonds. The van der Waals surface area contributed by atoms with Gasteiger partial charge < -0.3 is 10.5 Å². The van der Waals surface area contributed by atoms with Gasteiger partial charge in [0.1, 0.15) is 6.23 Å². The molecule has 0 aliphatic heterocycles. The molecule has 0 rings (SSSR count). The zero-order valence-electron chi connectivity index (χ0n) is 9.18. The molecule has 0 aromatic carbocycles. The minimum atomic E-state index is 0.0616. The van der Waals surface area contributed by atoms with Crippen LogP contribution in [0.2, 0.25) is 0 Å². The van der Waals surface area contributed by atoms with Crippen LogP contribution in [-0.4, -0.2) is 19.0 Å². The minimum Gasteiger partial charge on any atom is -0.363 e. The first-order valence-corrected chi connectivity index (χ1v) is 5.37. The van der Waals surface area contributed by atoms with Crippen LogP contribution < -0.4 is 11.1 Å². The Bertz CT molecular complexity index is 109. The molecular formula is C10H24N2O. The van der Waals surface area contributed by atoms with Gasteiger partial charge in [0.15, 0.2) is 0 Å². The summed E-state index contributed by atoms with van der Waals surface area (Å²) in [4.78, 5) is 0. The van der Waals surface area contributed by atoms with Gasteiger partial charge in [-0.15, -0.1) is 0 Å². The second kappa shape index (κ2) is 8.48. The van der Waals surface area contributed by atoms with Crippen LogP contribution in [-0.2, 0) is 4.74 Å². The molecule has 0 bridgehead atoms. The van der Waals surface area contributed by atoms with Crippen LogP contribution in [0.15, 0.2) is 0 Å². The number of hydrogen-bond donors (Lipinski definition) is 2. The molecule has 0 aromatic heterocycles. The summed E-state index contributed by atoms with van der Waals surface area (Å²) in [6.07, 6.45) is 4.40. The van der Waals surface area contributed by atoms with E-state index in [9.17, 15) is 0 Å². The van der Waals surface area contributed by atoms with E-state index >= 15 is 0 Å². The van der Waals surface area contributed by atoms with E-state index in [1.165, 1.54) is 6.42 Å². The van der Waals surface area contributed by atoms with Crippen LogP contribution in [0.4, 0.5) is 0 Å². The summed E-state index contributed by atoms with van der Waals surface area (Å²) >= 11 is 0. The fourth-order valence-corrected chi connectivity index (χ4v) is 1.01. The van der Waals surface area contributed by atoms with Crippen molar-refractivity contribution in [1.82, 2.24) is 5.32 Å². The van der Waals surface area contributed by atoms with Gasteiger partial charge in [0.2, 0.25) is 0 Å². The third-order valence-electron chi connectivity index (χ3n) is 2.03. The summed E-state index contributed by atoms with van der Waals surface area (Å²) in [5, 5.41) is 3.23. The number of nitrogens with two attached hydrogens (primary N) is 1. The first-order valence-electron chi connectivity index (χ1n) is 5.37. The predicted octanol–water partition coefficient (Wildman–Crippen LogP) is 1.82. The van der Waals surface area contributed by atoms with E-state index in [0.29, 0.717) is 0 Å². The minimum absolute atomic E-state index is 0.0616. The highest BCUT2D eigenvalue weighted by Gasteiger charge is 2.08. The summed E-state index contributed by atoms with van der Waals surface area (Å²) in [5.41, 5.74) is 5.76. The third-order valence-corrected chi connectivity index (χ3v) is 2.03. The molecule has 0 saturated carbocycles. The lowest BCUT2D eigenvalue weighted by molar-refractivity contribution is 0.0176. The first-order chi connectivity index (χ1) is 6.24. The number of unbranched alkanes of at least 4 members (excludes halogenated alkanes) is 1. The van der Waals surface area contributed by atoms with E-state index < -0.39 is 0 Å². The van der Waals surface area contributed by atoms with Gasteiger partial charge in [-0.1, -0.05) is 27.2 Å². The Morgan fingerprint density at radius 2 is 1.92 bits per heavy atom. The molecule has 3 nitrogen and oxygen atoms in total. The summed E-state index contributed by atoms with van der Waals surface area (Å²) in [7, 11) is 0.